The highest BCUT2D eigenvalue weighted by atomic mass is 19.4. The van der Waals surface area contributed by atoms with Crippen LogP contribution in [0.5, 0.6) is 5.75 Å². The minimum absolute atomic E-state index is 0.146. The van der Waals surface area contributed by atoms with Gasteiger partial charge in [-0.2, -0.15) is 13.2 Å². The minimum atomic E-state index is -4.21. The van der Waals surface area contributed by atoms with Gasteiger partial charge in [-0.15, -0.1) is 0 Å². The van der Waals surface area contributed by atoms with Gasteiger partial charge in [0.25, 0.3) is 0 Å². The number of nitrogens with one attached hydrogen (secondary N) is 1. The van der Waals surface area contributed by atoms with Crippen molar-refractivity contribution in [3.63, 3.8) is 0 Å². The number of hydrogen-bond donors (Lipinski definition) is 1. The Morgan fingerprint density at radius 2 is 2.00 bits per heavy atom. The van der Waals surface area contributed by atoms with Gasteiger partial charge in [-0.05, 0) is 25.5 Å². The van der Waals surface area contributed by atoms with Crippen LogP contribution in [0, 0.1) is 5.92 Å². The molecule has 3 nitrogen and oxygen atoms in total. The average molecular weight is 303 g/mol. The standard InChI is InChI=1S/C15H20F3NO2/c1-20-9-10-21-13-7-3-2-5-11(13)14-12(15(16,17)18)6-4-8-19-14/h2-3,5,7,12,14,19H,4,6,8-10H2,1H3. The molecule has 2 rings (SSSR count). The van der Waals surface area contributed by atoms with E-state index in [-0.39, 0.29) is 6.42 Å². The summed E-state index contributed by atoms with van der Waals surface area (Å²) in [4.78, 5) is 0. The van der Waals surface area contributed by atoms with Crippen LogP contribution in [0.3, 0.4) is 0 Å². The van der Waals surface area contributed by atoms with E-state index in [1.165, 1.54) is 0 Å². The molecule has 1 fully saturated rings. The molecule has 0 bridgehead atoms. The molecule has 0 amide bonds. The van der Waals surface area contributed by atoms with Crippen LogP contribution in [0.15, 0.2) is 24.3 Å². The Balaban J connectivity index is 2.22. The van der Waals surface area contributed by atoms with E-state index in [1.54, 1.807) is 31.4 Å². The van der Waals surface area contributed by atoms with Gasteiger partial charge < -0.3 is 14.8 Å². The molecule has 1 aromatic rings. The van der Waals surface area contributed by atoms with Crippen LogP contribution in [0.1, 0.15) is 24.4 Å². The number of alkyl halides is 3. The molecule has 1 N–H and O–H groups in total. The zero-order valence-corrected chi connectivity index (χ0v) is 12.0. The first-order valence-corrected chi connectivity index (χ1v) is 7.05. The van der Waals surface area contributed by atoms with Crippen molar-refractivity contribution >= 4 is 0 Å². The lowest BCUT2D eigenvalue weighted by atomic mass is 9.85. The van der Waals surface area contributed by atoms with Crippen molar-refractivity contribution in [3.05, 3.63) is 29.8 Å². The molecule has 6 heteroatoms. The Labute approximate surface area is 122 Å². The molecule has 1 aliphatic heterocycles. The van der Waals surface area contributed by atoms with E-state index in [0.29, 0.717) is 37.5 Å². The van der Waals surface area contributed by atoms with Crippen molar-refractivity contribution in [1.29, 1.82) is 0 Å². The normalized spacial score (nSPS) is 23.0. The first-order chi connectivity index (χ1) is 10.0. The zero-order valence-electron chi connectivity index (χ0n) is 12.0. The molecule has 1 aliphatic rings. The highest BCUT2D eigenvalue weighted by Crippen LogP contribution is 2.43. The second-order valence-corrected chi connectivity index (χ2v) is 5.10. The summed E-state index contributed by atoms with van der Waals surface area (Å²) in [5.74, 6) is -0.887. The van der Waals surface area contributed by atoms with Gasteiger partial charge in [0.2, 0.25) is 0 Å². The maximum atomic E-state index is 13.2. The van der Waals surface area contributed by atoms with Crippen LogP contribution in [-0.2, 0) is 4.74 Å². The number of halogens is 3. The summed E-state index contributed by atoms with van der Waals surface area (Å²) in [5, 5.41) is 2.99. The van der Waals surface area contributed by atoms with E-state index in [1.807, 2.05) is 0 Å². The molecule has 0 spiro atoms. The zero-order chi connectivity index (χ0) is 15.3. The second-order valence-electron chi connectivity index (χ2n) is 5.10. The summed E-state index contributed by atoms with van der Waals surface area (Å²) in [7, 11) is 1.55. The summed E-state index contributed by atoms with van der Waals surface area (Å²) in [6, 6.07) is 6.15. The summed E-state index contributed by atoms with van der Waals surface area (Å²) in [6.45, 7) is 1.30. The van der Waals surface area contributed by atoms with Gasteiger partial charge in [0.1, 0.15) is 12.4 Å². The Morgan fingerprint density at radius 3 is 2.71 bits per heavy atom. The van der Waals surface area contributed by atoms with Gasteiger partial charge in [0.05, 0.1) is 12.5 Å². The molecule has 0 radical (unpaired) electrons. The Bertz CT molecular complexity index is 451. The molecule has 2 atom stereocenters. The predicted molar refractivity (Wildman–Crippen MR) is 73.3 cm³/mol. The first kappa shape index (κ1) is 16.1. The maximum absolute atomic E-state index is 13.2. The molecular weight excluding hydrogens is 283 g/mol. The number of rotatable bonds is 5. The number of piperidine rings is 1. The lowest BCUT2D eigenvalue weighted by Gasteiger charge is -2.35. The quantitative estimate of drug-likeness (QED) is 0.847. The summed E-state index contributed by atoms with van der Waals surface area (Å²) in [6.07, 6.45) is -3.53. The van der Waals surface area contributed by atoms with Crippen molar-refractivity contribution in [3.8, 4) is 5.75 Å². The van der Waals surface area contributed by atoms with Crippen LogP contribution in [-0.4, -0.2) is 33.0 Å². The van der Waals surface area contributed by atoms with Crippen molar-refractivity contribution < 1.29 is 22.6 Å². The third-order valence-electron chi connectivity index (χ3n) is 3.68. The highest BCUT2D eigenvalue weighted by Gasteiger charge is 2.46. The van der Waals surface area contributed by atoms with Crippen LogP contribution in [0.2, 0.25) is 0 Å². The third kappa shape index (κ3) is 4.11. The van der Waals surface area contributed by atoms with Gasteiger partial charge >= 0.3 is 6.18 Å². The number of benzene rings is 1. The molecule has 1 heterocycles. The van der Waals surface area contributed by atoms with E-state index in [2.05, 4.69) is 5.32 Å². The fourth-order valence-electron chi connectivity index (χ4n) is 2.67. The average Bonchev–Trinajstić information content (AvgIpc) is 2.47. The lowest BCUT2D eigenvalue weighted by Crippen LogP contribution is -2.41. The molecule has 0 aromatic heterocycles. The fraction of sp³-hybridized carbons (Fsp3) is 0.600. The van der Waals surface area contributed by atoms with Crippen LogP contribution in [0.25, 0.3) is 0 Å². The van der Waals surface area contributed by atoms with E-state index in [0.717, 1.165) is 0 Å². The van der Waals surface area contributed by atoms with Crippen molar-refractivity contribution in [1.82, 2.24) is 5.32 Å². The van der Waals surface area contributed by atoms with E-state index >= 15 is 0 Å². The van der Waals surface area contributed by atoms with E-state index in [9.17, 15) is 13.2 Å². The Kier molecular flexibility index (Phi) is 5.47. The first-order valence-electron chi connectivity index (χ1n) is 7.05. The second kappa shape index (κ2) is 7.13. The molecule has 1 aromatic carbocycles. The molecule has 118 valence electrons. The summed E-state index contributed by atoms with van der Waals surface area (Å²) >= 11 is 0. The van der Waals surface area contributed by atoms with Crippen molar-refractivity contribution in [2.45, 2.75) is 25.1 Å². The van der Waals surface area contributed by atoms with Crippen LogP contribution in [0.4, 0.5) is 13.2 Å². The van der Waals surface area contributed by atoms with Crippen molar-refractivity contribution in [2.75, 3.05) is 26.9 Å². The molecule has 0 aliphatic carbocycles. The number of ether oxygens (including phenoxy) is 2. The van der Waals surface area contributed by atoms with E-state index in [4.69, 9.17) is 9.47 Å². The third-order valence-corrected chi connectivity index (χ3v) is 3.68. The largest absolute Gasteiger partial charge is 0.491 e. The predicted octanol–water partition coefficient (Wildman–Crippen LogP) is 3.31. The Morgan fingerprint density at radius 1 is 1.24 bits per heavy atom. The minimum Gasteiger partial charge on any atom is -0.491 e. The molecule has 1 saturated heterocycles. The van der Waals surface area contributed by atoms with Crippen molar-refractivity contribution in [2.24, 2.45) is 5.92 Å². The number of hydrogen-bond acceptors (Lipinski definition) is 3. The molecule has 2 unspecified atom stereocenters. The smallest absolute Gasteiger partial charge is 0.393 e. The van der Waals surface area contributed by atoms with E-state index < -0.39 is 18.1 Å². The summed E-state index contributed by atoms with van der Waals surface area (Å²) in [5.41, 5.74) is 0.565. The Hall–Kier alpha value is -1.27. The molecular formula is C15H20F3NO2. The SMILES string of the molecule is COCCOc1ccccc1C1NCCCC1C(F)(F)F. The van der Waals surface area contributed by atoms with Gasteiger partial charge in [-0.1, -0.05) is 18.2 Å². The topological polar surface area (TPSA) is 30.5 Å². The fourth-order valence-corrected chi connectivity index (χ4v) is 2.67. The monoisotopic (exact) mass is 303 g/mol. The lowest BCUT2D eigenvalue weighted by molar-refractivity contribution is -0.189. The number of para-hydroxylation sites is 1. The highest BCUT2D eigenvalue weighted by molar-refractivity contribution is 5.37. The van der Waals surface area contributed by atoms with Gasteiger partial charge in [-0.25, -0.2) is 0 Å². The van der Waals surface area contributed by atoms with Gasteiger partial charge in [0.15, 0.2) is 0 Å². The maximum Gasteiger partial charge on any atom is 0.393 e. The van der Waals surface area contributed by atoms with Gasteiger partial charge in [-0.3, -0.25) is 0 Å². The van der Waals surface area contributed by atoms with Gasteiger partial charge in [0, 0.05) is 18.7 Å². The summed E-state index contributed by atoms with van der Waals surface area (Å²) < 4.78 is 50.1. The molecule has 0 saturated carbocycles. The number of methoxy groups -OCH3 is 1. The van der Waals surface area contributed by atoms with Crippen LogP contribution >= 0.6 is 0 Å². The molecule has 21 heavy (non-hydrogen) atoms. The van der Waals surface area contributed by atoms with Crippen LogP contribution < -0.4 is 10.1 Å².